The van der Waals surface area contributed by atoms with Gasteiger partial charge in [-0.2, -0.15) is 0 Å². The van der Waals surface area contributed by atoms with Gasteiger partial charge in [-0.05, 0) is 12.5 Å². The number of rotatable bonds is 7. The minimum atomic E-state index is -4.36. The molecular formula is C13H18F2N2O3S. The van der Waals surface area contributed by atoms with Crippen molar-refractivity contribution in [3.05, 3.63) is 29.3 Å². The number of hydrogen-bond donors (Lipinski definition) is 2. The van der Waals surface area contributed by atoms with Gasteiger partial charge in [0.15, 0.2) is 0 Å². The first kappa shape index (κ1) is 17.5. The van der Waals surface area contributed by atoms with Gasteiger partial charge in [0.25, 0.3) is 5.91 Å². The molecule has 0 aromatic heterocycles. The van der Waals surface area contributed by atoms with Crippen molar-refractivity contribution in [1.82, 2.24) is 5.32 Å². The highest BCUT2D eigenvalue weighted by molar-refractivity contribution is 7.89. The summed E-state index contributed by atoms with van der Waals surface area (Å²) in [5, 5.41) is 7.27. The SMILES string of the molecule is CCCCCCNC(=O)c1cc(S(N)(=O)=O)c(F)cc1F. The van der Waals surface area contributed by atoms with Crippen LogP contribution >= 0.6 is 0 Å². The number of benzene rings is 1. The van der Waals surface area contributed by atoms with E-state index in [0.717, 1.165) is 25.7 Å². The van der Waals surface area contributed by atoms with E-state index in [1.165, 1.54) is 0 Å². The molecule has 8 heteroatoms. The third kappa shape index (κ3) is 5.05. The molecule has 0 aliphatic heterocycles. The first-order valence-corrected chi connectivity index (χ1v) is 8.12. The summed E-state index contributed by atoms with van der Waals surface area (Å²) in [7, 11) is -4.36. The summed E-state index contributed by atoms with van der Waals surface area (Å²) in [6, 6.07) is 0.952. The number of unbranched alkanes of at least 4 members (excludes halogenated alkanes) is 3. The van der Waals surface area contributed by atoms with Gasteiger partial charge in [-0.15, -0.1) is 0 Å². The lowest BCUT2D eigenvalue weighted by molar-refractivity contribution is 0.0948. The van der Waals surface area contributed by atoms with E-state index in [1.54, 1.807) is 0 Å². The Hall–Kier alpha value is -1.54. The minimum absolute atomic E-state index is 0.334. The number of hydrogen-bond acceptors (Lipinski definition) is 3. The van der Waals surface area contributed by atoms with E-state index in [1.807, 2.05) is 6.92 Å². The average Bonchev–Trinajstić information content (AvgIpc) is 2.36. The van der Waals surface area contributed by atoms with E-state index in [2.05, 4.69) is 5.32 Å². The molecule has 0 saturated carbocycles. The Labute approximate surface area is 122 Å². The van der Waals surface area contributed by atoms with Crippen LogP contribution in [0.15, 0.2) is 17.0 Å². The number of nitrogens with one attached hydrogen (secondary N) is 1. The number of primary sulfonamides is 1. The van der Waals surface area contributed by atoms with Gasteiger partial charge < -0.3 is 5.32 Å². The zero-order valence-corrected chi connectivity index (χ0v) is 12.5. The van der Waals surface area contributed by atoms with Gasteiger partial charge in [-0.25, -0.2) is 22.3 Å². The molecule has 1 aromatic carbocycles. The maximum absolute atomic E-state index is 13.6. The standard InChI is InChI=1S/C13H18F2N2O3S/c1-2-3-4-5-6-17-13(18)9-7-12(21(16,19)20)11(15)8-10(9)14/h7-8H,2-6H2,1H3,(H,17,18)(H2,16,19,20). The fraction of sp³-hybridized carbons (Fsp3) is 0.462. The molecule has 0 saturated heterocycles. The van der Waals surface area contributed by atoms with Gasteiger partial charge >= 0.3 is 0 Å². The molecule has 0 heterocycles. The smallest absolute Gasteiger partial charge is 0.254 e. The molecule has 5 nitrogen and oxygen atoms in total. The van der Waals surface area contributed by atoms with Crippen LogP contribution in [-0.4, -0.2) is 20.9 Å². The molecular weight excluding hydrogens is 302 g/mol. The number of carbonyl (C=O) groups is 1. The second-order valence-corrected chi connectivity index (χ2v) is 6.15. The third-order valence-corrected chi connectivity index (χ3v) is 3.81. The van der Waals surface area contributed by atoms with E-state index in [0.29, 0.717) is 18.7 Å². The Kier molecular flexibility index (Phi) is 6.22. The fourth-order valence-electron chi connectivity index (χ4n) is 1.77. The van der Waals surface area contributed by atoms with Crippen molar-refractivity contribution < 1.29 is 22.0 Å². The quantitative estimate of drug-likeness (QED) is 0.752. The molecule has 0 spiro atoms. The average molecular weight is 320 g/mol. The van der Waals surface area contributed by atoms with Gasteiger partial charge in [0, 0.05) is 12.6 Å². The Morgan fingerprint density at radius 2 is 1.86 bits per heavy atom. The van der Waals surface area contributed by atoms with Crippen LogP contribution in [0.25, 0.3) is 0 Å². The normalized spacial score (nSPS) is 11.4. The summed E-state index contributed by atoms with van der Waals surface area (Å²) in [5.74, 6) is -3.26. The van der Waals surface area contributed by atoms with Crippen molar-refractivity contribution in [2.45, 2.75) is 37.5 Å². The molecule has 1 aromatic rings. The zero-order valence-electron chi connectivity index (χ0n) is 11.7. The molecule has 0 aliphatic carbocycles. The number of amides is 1. The Balaban J connectivity index is 2.85. The highest BCUT2D eigenvalue weighted by atomic mass is 32.2. The highest BCUT2D eigenvalue weighted by Crippen LogP contribution is 2.18. The summed E-state index contributed by atoms with van der Waals surface area (Å²) < 4.78 is 49.2. The molecule has 0 radical (unpaired) electrons. The van der Waals surface area contributed by atoms with Crippen molar-refractivity contribution in [2.75, 3.05) is 6.54 Å². The van der Waals surface area contributed by atoms with Gasteiger partial charge in [0.1, 0.15) is 16.5 Å². The molecule has 0 fully saturated rings. The zero-order chi connectivity index (χ0) is 16.0. The van der Waals surface area contributed by atoms with E-state index < -0.39 is 38.0 Å². The summed E-state index contributed by atoms with van der Waals surface area (Å²) in [5.41, 5.74) is -0.545. The number of sulfonamides is 1. The number of halogens is 2. The summed E-state index contributed by atoms with van der Waals surface area (Å²) in [6.45, 7) is 2.38. The molecule has 1 amide bonds. The minimum Gasteiger partial charge on any atom is -0.352 e. The number of nitrogens with two attached hydrogens (primary N) is 1. The van der Waals surface area contributed by atoms with Crippen LogP contribution in [0.4, 0.5) is 8.78 Å². The van der Waals surface area contributed by atoms with Crippen molar-refractivity contribution in [3.63, 3.8) is 0 Å². The van der Waals surface area contributed by atoms with Crippen LogP contribution in [-0.2, 0) is 10.0 Å². The van der Waals surface area contributed by atoms with Gasteiger partial charge in [-0.3, -0.25) is 4.79 Å². The maximum Gasteiger partial charge on any atom is 0.254 e. The van der Waals surface area contributed by atoms with Crippen molar-refractivity contribution in [1.29, 1.82) is 0 Å². The van der Waals surface area contributed by atoms with Crippen LogP contribution in [0, 0.1) is 11.6 Å². The first-order valence-electron chi connectivity index (χ1n) is 6.57. The van der Waals surface area contributed by atoms with Crippen LogP contribution in [0.2, 0.25) is 0 Å². The van der Waals surface area contributed by atoms with Crippen LogP contribution in [0.5, 0.6) is 0 Å². The largest absolute Gasteiger partial charge is 0.352 e. The lowest BCUT2D eigenvalue weighted by atomic mass is 10.1. The second kappa shape index (κ2) is 7.46. The molecule has 21 heavy (non-hydrogen) atoms. The first-order chi connectivity index (χ1) is 9.77. The van der Waals surface area contributed by atoms with Crippen molar-refractivity contribution >= 4 is 15.9 Å². The van der Waals surface area contributed by atoms with Crippen LogP contribution < -0.4 is 10.5 Å². The topological polar surface area (TPSA) is 89.3 Å². The summed E-state index contributed by atoms with van der Waals surface area (Å²) in [6.07, 6.45) is 3.71. The molecule has 0 unspecified atom stereocenters. The molecule has 0 atom stereocenters. The Bertz CT molecular complexity index is 618. The van der Waals surface area contributed by atoms with E-state index in [9.17, 15) is 22.0 Å². The highest BCUT2D eigenvalue weighted by Gasteiger charge is 2.21. The lowest BCUT2D eigenvalue weighted by Crippen LogP contribution is -2.26. The van der Waals surface area contributed by atoms with Crippen molar-refractivity contribution in [2.24, 2.45) is 5.14 Å². The molecule has 3 N–H and O–H groups in total. The summed E-state index contributed by atoms with van der Waals surface area (Å²) >= 11 is 0. The molecule has 1 rings (SSSR count). The van der Waals surface area contributed by atoms with Gasteiger partial charge in [0.05, 0.1) is 5.56 Å². The Morgan fingerprint density at radius 3 is 2.43 bits per heavy atom. The number of carbonyl (C=O) groups excluding carboxylic acids is 1. The van der Waals surface area contributed by atoms with Crippen LogP contribution in [0.3, 0.4) is 0 Å². The monoisotopic (exact) mass is 320 g/mol. The van der Waals surface area contributed by atoms with Gasteiger partial charge in [-0.1, -0.05) is 26.2 Å². The second-order valence-electron chi connectivity index (χ2n) is 4.62. The predicted molar refractivity (Wildman–Crippen MR) is 74.2 cm³/mol. The van der Waals surface area contributed by atoms with E-state index in [-0.39, 0.29) is 0 Å². The summed E-state index contributed by atoms with van der Waals surface area (Å²) in [4.78, 5) is 10.9. The van der Waals surface area contributed by atoms with Gasteiger partial charge in [0.2, 0.25) is 10.0 Å². The maximum atomic E-state index is 13.6. The molecule has 118 valence electrons. The Morgan fingerprint density at radius 1 is 1.19 bits per heavy atom. The fourth-order valence-corrected chi connectivity index (χ4v) is 2.38. The molecule has 0 bridgehead atoms. The molecule has 0 aliphatic rings. The van der Waals surface area contributed by atoms with E-state index in [4.69, 9.17) is 5.14 Å². The third-order valence-electron chi connectivity index (χ3n) is 2.89. The van der Waals surface area contributed by atoms with E-state index >= 15 is 0 Å². The predicted octanol–water partition coefficient (Wildman–Crippen LogP) is 1.92. The van der Waals surface area contributed by atoms with Crippen molar-refractivity contribution in [3.8, 4) is 0 Å². The lowest BCUT2D eigenvalue weighted by Gasteiger charge is -2.08. The van der Waals surface area contributed by atoms with Crippen LogP contribution in [0.1, 0.15) is 43.0 Å².